The number of carboxylic acids is 1. The first-order chi connectivity index (χ1) is 7.43. The summed E-state index contributed by atoms with van der Waals surface area (Å²) in [6.45, 7) is 5.82. The van der Waals surface area contributed by atoms with Crippen LogP contribution in [-0.4, -0.2) is 30.1 Å². The van der Waals surface area contributed by atoms with Crippen LogP contribution in [0.1, 0.15) is 33.6 Å². The molecule has 0 saturated carbocycles. The molecule has 5 nitrogen and oxygen atoms in total. The molecule has 0 spiro atoms. The Labute approximate surface area is 96.4 Å². The van der Waals surface area contributed by atoms with Crippen molar-refractivity contribution in [2.45, 2.75) is 33.6 Å². The third kappa shape index (κ3) is 3.48. The number of carboxylic acid groups (broad SMARTS) is 1. The Morgan fingerprint density at radius 3 is 2.19 bits per heavy atom. The van der Waals surface area contributed by atoms with E-state index in [1.54, 1.807) is 6.92 Å². The van der Waals surface area contributed by atoms with Crippen molar-refractivity contribution >= 4 is 11.9 Å². The molecule has 0 aliphatic carbocycles. The van der Waals surface area contributed by atoms with Gasteiger partial charge >= 0.3 is 5.97 Å². The lowest BCUT2D eigenvalue weighted by atomic mass is 9.81. The summed E-state index contributed by atoms with van der Waals surface area (Å²) in [7, 11) is 0. The number of aliphatic carboxylic acids is 1. The van der Waals surface area contributed by atoms with Crippen LogP contribution in [0.15, 0.2) is 0 Å². The fourth-order valence-electron chi connectivity index (χ4n) is 1.47. The maximum atomic E-state index is 11.9. The molecule has 16 heavy (non-hydrogen) atoms. The lowest BCUT2D eigenvalue weighted by Gasteiger charge is -2.28. The van der Waals surface area contributed by atoms with E-state index in [1.165, 1.54) is 0 Å². The summed E-state index contributed by atoms with van der Waals surface area (Å²) in [4.78, 5) is 22.5. The van der Waals surface area contributed by atoms with Crippen molar-refractivity contribution in [2.24, 2.45) is 17.1 Å². The van der Waals surface area contributed by atoms with Crippen LogP contribution in [0, 0.1) is 11.3 Å². The van der Waals surface area contributed by atoms with Gasteiger partial charge in [0.2, 0.25) is 5.91 Å². The molecule has 0 aliphatic heterocycles. The van der Waals surface area contributed by atoms with Crippen LogP contribution in [0.4, 0.5) is 0 Å². The lowest BCUT2D eigenvalue weighted by molar-refractivity contribution is -0.141. The summed E-state index contributed by atoms with van der Waals surface area (Å²) in [5.74, 6) is -1.63. The Kier molecular flexibility index (Phi) is 6.03. The highest BCUT2D eigenvalue weighted by Gasteiger charge is 2.33. The highest BCUT2D eigenvalue weighted by Crippen LogP contribution is 2.24. The van der Waals surface area contributed by atoms with Gasteiger partial charge in [-0.15, -0.1) is 0 Å². The van der Waals surface area contributed by atoms with Crippen LogP contribution in [0.5, 0.6) is 0 Å². The quantitative estimate of drug-likeness (QED) is 0.596. The number of nitrogens with two attached hydrogens (primary N) is 1. The highest BCUT2D eigenvalue weighted by atomic mass is 16.4. The van der Waals surface area contributed by atoms with Gasteiger partial charge in [-0.3, -0.25) is 9.59 Å². The molecule has 1 unspecified atom stereocenters. The van der Waals surface area contributed by atoms with Crippen molar-refractivity contribution in [3.63, 3.8) is 0 Å². The monoisotopic (exact) mass is 230 g/mol. The fraction of sp³-hybridized carbons (Fsp3) is 0.818. The second-order valence-electron chi connectivity index (χ2n) is 4.14. The van der Waals surface area contributed by atoms with Gasteiger partial charge in [0.1, 0.15) is 0 Å². The number of nitrogens with one attached hydrogen (secondary N) is 1. The molecule has 1 amide bonds. The highest BCUT2D eigenvalue weighted by molar-refractivity contribution is 5.83. The maximum Gasteiger partial charge on any atom is 0.308 e. The first kappa shape index (κ1) is 14.9. The van der Waals surface area contributed by atoms with Crippen molar-refractivity contribution in [3.05, 3.63) is 0 Å². The number of hydrogen-bond donors (Lipinski definition) is 3. The second kappa shape index (κ2) is 6.48. The van der Waals surface area contributed by atoms with E-state index < -0.39 is 17.3 Å². The van der Waals surface area contributed by atoms with E-state index in [1.807, 2.05) is 13.8 Å². The summed E-state index contributed by atoms with van der Waals surface area (Å²) in [5, 5.41) is 11.4. The van der Waals surface area contributed by atoms with Crippen LogP contribution < -0.4 is 11.1 Å². The van der Waals surface area contributed by atoms with E-state index in [-0.39, 0.29) is 19.0 Å². The summed E-state index contributed by atoms with van der Waals surface area (Å²) in [6, 6.07) is 0. The Bertz CT molecular complexity index is 241. The van der Waals surface area contributed by atoms with Gasteiger partial charge in [-0.05, 0) is 12.8 Å². The van der Waals surface area contributed by atoms with E-state index in [9.17, 15) is 9.59 Å². The number of amides is 1. The molecular weight excluding hydrogens is 208 g/mol. The Morgan fingerprint density at radius 1 is 1.38 bits per heavy atom. The van der Waals surface area contributed by atoms with Crippen LogP contribution in [0.25, 0.3) is 0 Å². The molecule has 0 saturated heterocycles. The molecule has 0 bridgehead atoms. The molecule has 0 aromatic rings. The molecule has 0 aliphatic rings. The van der Waals surface area contributed by atoms with Crippen molar-refractivity contribution in [2.75, 3.05) is 13.1 Å². The minimum absolute atomic E-state index is 0.145. The normalized spacial score (nSPS) is 13.2. The molecule has 0 radical (unpaired) electrons. The largest absolute Gasteiger partial charge is 0.481 e. The summed E-state index contributed by atoms with van der Waals surface area (Å²) < 4.78 is 0. The van der Waals surface area contributed by atoms with E-state index in [2.05, 4.69) is 5.32 Å². The number of carbonyl (C=O) groups excluding carboxylic acids is 1. The molecule has 0 fully saturated rings. The molecule has 1 atom stereocenters. The van der Waals surface area contributed by atoms with Crippen molar-refractivity contribution in [3.8, 4) is 0 Å². The smallest absolute Gasteiger partial charge is 0.308 e. The molecule has 0 aromatic heterocycles. The minimum Gasteiger partial charge on any atom is -0.481 e. The molecule has 0 aromatic carbocycles. The van der Waals surface area contributed by atoms with E-state index in [0.29, 0.717) is 12.8 Å². The van der Waals surface area contributed by atoms with Gasteiger partial charge in [-0.1, -0.05) is 20.8 Å². The Hall–Kier alpha value is -1.10. The standard InChI is InChI=1S/C11H22N2O3/c1-4-11(5-2,7-12)10(16)13-6-8(3)9(14)15/h8H,4-7,12H2,1-3H3,(H,13,16)(H,14,15). The number of carbonyl (C=O) groups is 2. The van der Waals surface area contributed by atoms with E-state index in [0.717, 1.165) is 0 Å². The van der Waals surface area contributed by atoms with E-state index >= 15 is 0 Å². The molecule has 94 valence electrons. The summed E-state index contributed by atoms with van der Waals surface area (Å²) in [6.07, 6.45) is 1.32. The van der Waals surface area contributed by atoms with Gasteiger partial charge in [0, 0.05) is 13.1 Å². The summed E-state index contributed by atoms with van der Waals surface area (Å²) in [5.41, 5.74) is 5.06. The van der Waals surface area contributed by atoms with Crippen molar-refractivity contribution < 1.29 is 14.7 Å². The van der Waals surface area contributed by atoms with Crippen molar-refractivity contribution in [1.82, 2.24) is 5.32 Å². The van der Waals surface area contributed by atoms with Gasteiger partial charge in [-0.25, -0.2) is 0 Å². The van der Waals surface area contributed by atoms with Crippen LogP contribution in [-0.2, 0) is 9.59 Å². The predicted molar refractivity (Wildman–Crippen MR) is 61.9 cm³/mol. The predicted octanol–water partition coefficient (Wildman–Crippen LogP) is 0.588. The van der Waals surface area contributed by atoms with E-state index in [4.69, 9.17) is 10.8 Å². The fourth-order valence-corrected chi connectivity index (χ4v) is 1.47. The Balaban J connectivity index is 4.38. The number of rotatable bonds is 7. The molecule has 5 heteroatoms. The van der Waals surface area contributed by atoms with Gasteiger partial charge in [0.25, 0.3) is 0 Å². The van der Waals surface area contributed by atoms with Gasteiger partial charge in [0.15, 0.2) is 0 Å². The Morgan fingerprint density at radius 2 is 1.88 bits per heavy atom. The third-order valence-electron chi connectivity index (χ3n) is 3.22. The SMILES string of the molecule is CCC(CC)(CN)C(=O)NCC(C)C(=O)O. The van der Waals surface area contributed by atoms with Crippen LogP contribution in [0.2, 0.25) is 0 Å². The maximum absolute atomic E-state index is 11.9. The van der Waals surface area contributed by atoms with Crippen molar-refractivity contribution in [1.29, 1.82) is 0 Å². The zero-order valence-electron chi connectivity index (χ0n) is 10.2. The molecule has 0 heterocycles. The number of hydrogen-bond acceptors (Lipinski definition) is 3. The first-order valence-corrected chi connectivity index (χ1v) is 5.64. The molecule has 4 N–H and O–H groups in total. The third-order valence-corrected chi connectivity index (χ3v) is 3.22. The second-order valence-corrected chi connectivity index (χ2v) is 4.14. The van der Waals surface area contributed by atoms with Crippen LogP contribution >= 0.6 is 0 Å². The molecular formula is C11H22N2O3. The van der Waals surface area contributed by atoms with Gasteiger partial charge < -0.3 is 16.2 Å². The van der Waals surface area contributed by atoms with Gasteiger partial charge in [0.05, 0.1) is 11.3 Å². The van der Waals surface area contributed by atoms with Gasteiger partial charge in [-0.2, -0.15) is 0 Å². The minimum atomic E-state index is -0.911. The zero-order valence-corrected chi connectivity index (χ0v) is 10.2. The zero-order chi connectivity index (χ0) is 12.8. The average molecular weight is 230 g/mol. The molecule has 0 rings (SSSR count). The lowest BCUT2D eigenvalue weighted by Crippen LogP contribution is -2.46. The first-order valence-electron chi connectivity index (χ1n) is 5.64. The van der Waals surface area contributed by atoms with Crippen LogP contribution in [0.3, 0.4) is 0 Å². The average Bonchev–Trinajstić information content (AvgIpc) is 2.28. The summed E-state index contributed by atoms with van der Waals surface area (Å²) >= 11 is 0. The topological polar surface area (TPSA) is 92.4 Å².